The van der Waals surface area contributed by atoms with Crippen LogP contribution in [0.25, 0.3) is 6.08 Å². The predicted octanol–water partition coefficient (Wildman–Crippen LogP) is 8.22. The Bertz CT molecular complexity index is 1260. The normalized spacial score (nSPS) is 14.9. The van der Waals surface area contributed by atoms with Crippen LogP contribution in [0.3, 0.4) is 0 Å². The van der Waals surface area contributed by atoms with Crippen molar-refractivity contribution in [1.82, 2.24) is 4.90 Å². The molecule has 1 aliphatic heterocycles. The maximum absolute atomic E-state index is 13.0. The Morgan fingerprint density at radius 2 is 1.64 bits per heavy atom. The Labute approximate surface area is 218 Å². The van der Waals surface area contributed by atoms with Crippen LogP contribution in [-0.2, 0) is 17.9 Å². The zero-order valence-corrected chi connectivity index (χ0v) is 21.5. The van der Waals surface area contributed by atoms with E-state index in [1.165, 1.54) is 4.90 Å². The molecule has 1 heterocycles. The molecule has 1 aliphatic rings. The molecule has 0 radical (unpaired) electrons. The molecule has 0 unspecified atom stereocenters. The Hall–Kier alpha value is -1.96. The average molecular weight is 584 g/mol. The molecule has 4 nitrogen and oxygen atoms in total. The van der Waals surface area contributed by atoms with Gasteiger partial charge in [0.05, 0.1) is 21.5 Å². The first kappa shape index (κ1) is 24.2. The number of ether oxygens (including phenoxy) is 1. The number of rotatable bonds is 6. The van der Waals surface area contributed by atoms with Crippen molar-refractivity contribution >= 4 is 79.7 Å². The SMILES string of the molecule is O=C1S/C(=C/c2cc(Br)ccc2OCc2ccc(Cl)cc2)C(=O)N1Cc1ccc(Cl)c(Cl)c1. The van der Waals surface area contributed by atoms with Gasteiger partial charge in [0.1, 0.15) is 12.4 Å². The predicted molar refractivity (Wildman–Crippen MR) is 138 cm³/mol. The van der Waals surface area contributed by atoms with E-state index in [9.17, 15) is 9.59 Å². The number of hydrogen-bond acceptors (Lipinski definition) is 4. The summed E-state index contributed by atoms with van der Waals surface area (Å²) in [5.41, 5.74) is 2.34. The fourth-order valence-electron chi connectivity index (χ4n) is 3.10. The van der Waals surface area contributed by atoms with Crippen LogP contribution in [0.4, 0.5) is 4.79 Å². The van der Waals surface area contributed by atoms with E-state index >= 15 is 0 Å². The molecule has 0 aromatic heterocycles. The second kappa shape index (κ2) is 10.5. The molecule has 0 aliphatic carbocycles. The quantitative estimate of drug-likeness (QED) is 0.274. The first-order valence-electron chi connectivity index (χ1n) is 9.66. The minimum Gasteiger partial charge on any atom is -0.488 e. The van der Waals surface area contributed by atoms with Gasteiger partial charge < -0.3 is 4.74 Å². The Kier molecular flexibility index (Phi) is 7.72. The molecule has 9 heteroatoms. The van der Waals surface area contributed by atoms with Crippen molar-refractivity contribution in [2.24, 2.45) is 0 Å². The van der Waals surface area contributed by atoms with E-state index in [4.69, 9.17) is 39.5 Å². The van der Waals surface area contributed by atoms with Crippen molar-refractivity contribution in [2.45, 2.75) is 13.2 Å². The van der Waals surface area contributed by atoms with E-state index in [1.807, 2.05) is 30.3 Å². The van der Waals surface area contributed by atoms with Crippen LogP contribution >= 0.6 is 62.5 Å². The molecular weight excluding hydrogens is 569 g/mol. The highest BCUT2D eigenvalue weighted by Gasteiger charge is 2.35. The molecule has 33 heavy (non-hydrogen) atoms. The number of benzene rings is 3. The van der Waals surface area contributed by atoms with Gasteiger partial charge in [-0.15, -0.1) is 0 Å². The van der Waals surface area contributed by atoms with Gasteiger partial charge in [0.25, 0.3) is 11.1 Å². The van der Waals surface area contributed by atoms with Gasteiger partial charge in [-0.3, -0.25) is 14.5 Å². The summed E-state index contributed by atoms with van der Waals surface area (Å²) >= 11 is 22.3. The summed E-state index contributed by atoms with van der Waals surface area (Å²) < 4.78 is 6.80. The summed E-state index contributed by atoms with van der Waals surface area (Å²) in [6.45, 7) is 0.440. The Morgan fingerprint density at radius 3 is 2.36 bits per heavy atom. The monoisotopic (exact) mass is 581 g/mol. The summed E-state index contributed by atoms with van der Waals surface area (Å²) in [6, 6.07) is 17.9. The molecule has 1 fully saturated rings. The zero-order valence-electron chi connectivity index (χ0n) is 16.9. The minimum absolute atomic E-state index is 0.108. The first-order chi connectivity index (χ1) is 15.8. The van der Waals surface area contributed by atoms with Gasteiger partial charge in [-0.2, -0.15) is 0 Å². The van der Waals surface area contributed by atoms with E-state index < -0.39 is 0 Å². The summed E-state index contributed by atoms with van der Waals surface area (Å²) in [6.07, 6.45) is 1.67. The third kappa shape index (κ3) is 5.94. The number of thioether (sulfide) groups is 1. The maximum atomic E-state index is 13.0. The molecule has 1 saturated heterocycles. The van der Waals surface area contributed by atoms with Gasteiger partial charge in [0.2, 0.25) is 0 Å². The van der Waals surface area contributed by atoms with Gasteiger partial charge >= 0.3 is 0 Å². The van der Waals surface area contributed by atoms with Crippen LogP contribution < -0.4 is 4.74 Å². The average Bonchev–Trinajstić information content (AvgIpc) is 3.04. The molecule has 168 valence electrons. The fourth-order valence-corrected chi connectivity index (χ4v) is 4.76. The molecule has 0 bridgehead atoms. The zero-order chi connectivity index (χ0) is 23.5. The smallest absolute Gasteiger partial charge is 0.293 e. The number of carbonyl (C=O) groups excluding carboxylic acids is 2. The number of imide groups is 1. The highest BCUT2D eigenvalue weighted by Crippen LogP contribution is 2.36. The maximum Gasteiger partial charge on any atom is 0.293 e. The number of amides is 2. The van der Waals surface area contributed by atoms with Crippen molar-refractivity contribution in [2.75, 3.05) is 0 Å². The van der Waals surface area contributed by atoms with Gasteiger partial charge in [-0.25, -0.2) is 0 Å². The first-order valence-corrected chi connectivity index (χ1v) is 12.4. The van der Waals surface area contributed by atoms with Crippen LogP contribution in [0.5, 0.6) is 5.75 Å². The van der Waals surface area contributed by atoms with Crippen LogP contribution in [0, 0.1) is 0 Å². The molecule has 0 saturated carbocycles. The highest BCUT2D eigenvalue weighted by molar-refractivity contribution is 9.10. The summed E-state index contributed by atoms with van der Waals surface area (Å²) in [7, 11) is 0. The van der Waals surface area contributed by atoms with Crippen LogP contribution in [0.15, 0.2) is 70.0 Å². The Balaban J connectivity index is 1.54. The van der Waals surface area contributed by atoms with Crippen LogP contribution in [-0.4, -0.2) is 16.0 Å². The summed E-state index contributed by atoms with van der Waals surface area (Å²) in [5.74, 6) is 0.212. The van der Waals surface area contributed by atoms with Crippen molar-refractivity contribution in [3.8, 4) is 5.75 Å². The lowest BCUT2D eigenvalue weighted by Crippen LogP contribution is -2.27. The van der Waals surface area contributed by atoms with Gasteiger partial charge in [0, 0.05) is 15.1 Å². The number of nitrogens with zero attached hydrogens (tertiary/aromatic N) is 1. The molecule has 4 rings (SSSR count). The van der Waals surface area contributed by atoms with E-state index in [1.54, 1.807) is 36.4 Å². The lowest BCUT2D eigenvalue weighted by Gasteiger charge is -2.13. The summed E-state index contributed by atoms with van der Waals surface area (Å²) in [4.78, 5) is 27.0. The topological polar surface area (TPSA) is 46.6 Å². The van der Waals surface area contributed by atoms with Gasteiger partial charge in [0.15, 0.2) is 0 Å². The van der Waals surface area contributed by atoms with E-state index in [-0.39, 0.29) is 17.7 Å². The number of hydrogen-bond donors (Lipinski definition) is 0. The number of carbonyl (C=O) groups is 2. The van der Waals surface area contributed by atoms with Gasteiger partial charge in [-0.05, 0) is 71.4 Å². The van der Waals surface area contributed by atoms with E-state index in [0.29, 0.717) is 43.5 Å². The minimum atomic E-state index is -0.375. The standard InChI is InChI=1S/C24H15BrCl3NO3S/c25-17-4-8-21(32-13-14-1-5-18(26)6-2-14)16(10-17)11-22-23(30)29(24(31)33-22)12-15-3-7-19(27)20(28)9-15/h1-11H,12-13H2/b22-11+. The third-order valence-electron chi connectivity index (χ3n) is 4.76. The van der Waals surface area contributed by atoms with Crippen molar-refractivity contribution < 1.29 is 14.3 Å². The third-order valence-corrected chi connectivity index (χ3v) is 7.16. The number of halogens is 4. The lowest BCUT2D eigenvalue weighted by molar-refractivity contribution is -0.123. The van der Waals surface area contributed by atoms with Gasteiger partial charge in [-0.1, -0.05) is 68.9 Å². The van der Waals surface area contributed by atoms with Crippen LogP contribution in [0.2, 0.25) is 15.1 Å². The molecule has 2 amide bonds. The fraction of sp³-hybridized carbons (Fsp3) is 0.0833. The van der Waals surface area contributed by atoms with Crippen molar-refractivity contribution in [3.63, 3.8) is 0 Å². The van der Waals surface area contributed by atoms with Crippen LogP contribution in [0.1, 0.15) is 16.7 Å². The second-order valence-corrected chi connectivity index (χ2v) is 10.3. The second-order valence-electron chi connectivity index (χ2n) is 7.11. The largest absolute Gasteiger partial charge is 0.488 e. The molecule has 0 N–H and O–H groups in total. The van der Waals surface area contributed by atoms with E-state index in [0.717, 1.165) is 21.8 Å². The van der Waals surface area contributed by atoms with Crippen molar-refractivity contribution in [3.05, 3.63) is 102 Å². The molecule has 0 atom stereocenters. The Morgan fingerprint density at radius 1 is 0.909 bits per heavy atom. The molecule has 0 spiro atoms. The molecule has 3 aromatic carbocycles. The van der Waals surface area contributed by atoms with E-state index in [2.05, 4.69) is 15.9 Å². The molecule has 3 aromatic rings. The molecular formula is C24H15BrCl3NO3S. The summed E-state index contributed by atoms with van der Waals surface area (Å²) in [5, 5.41) is 1.08. The lowest BCUT2D eigenvalue weighted by atomic mass is 10.1. The highest BCUT2D eigenvalue weighted by atomic mass is 79.9. The van der Waals surface area contributed by atoms with Crippen molar-refractivity contribution in [1.29, 1.82) is 0 Å².